The Morgan fingerprint density at radius 1 is 1.50 bits per heavy atom. The Morgan fingerprint density at radius 2 is 2.15 bits per heavy atom. The van der Waals surface area contributed by atoms with Crippen molar-refractivity contribution >= 4 is 27.5 Å². The molecular weight excluding hydrogens is 320 g/mol. The molecule has 1 amide bonds. The second kappa shape index (κ2) is 6.59. The van der Waals surface area contributed by atoms with Gasteiger partial charge in [0.1, 0.15) is 0 Å². The Bertz CT molecular complexity index is 485. The minimum atomic E-state index is -0.519. The number of rotatable bonds is 5. The van der Waals surface area contributed by atoms with Crippen molar-refractivity contribution in [3.8, 4) is 0 Å². The molecule has 1 atom stereocenters. The van der Waals surface area contributed by atoms with Crippen LogP contribution in [0.25, 0.3) is 0 Å². The first-order valence-corrected chi connectivity index (χ1v) is 7.81. The fourth-order valence-corrected chi connectivity index (χ4v) is 3.55. The number of aliphatic hydroxyl groups excluding tert-OH is 1. The molecule has 4 nitrogen and oxygen atoms in total. The molecule has 0 radical (unpaired) electrons. The third-order valence-electron chi connectivity index (χ3n) is 3.86. The lowest BCUT2D eigenvalue weighted by Gasteiger charge is -2.30. The third kappa shape index (κ3) is 3.52. The van der Waals surface area contributed by atoms with E-state index in [1.54, 1.807) is 6.92 Å². The van der Waals surface area contributed by atoms with Gasteiger partial charge in [-0.25, -0.2) is 0 Å². The van der Waals surface area contributed by atoms with Gasteiger partial charge in [0.25, 0.3) is 0 Å². The summed E-state index contributed by atoms with van der Waals surface area (Å²) in [5.74, 6) is -0.312. The van der Waals surface area contributed by atoms with Crippen LogP contribution in [-0.2, 0) is 4.79 Å². The van der Waals surface area contributed by atoms with Gasteiger partial charge in [-0.15, -0.1) is 0 Å². The number of hydrogen-bond acceptors (Lipinski definition) is 3. The normalized spacial score (nSPS) is 17.1. The van der Waals surface area contributed by atoms with Crippen LogP contribution in [0.4, 0.5) is 5.69 Å². The summed E-state index contributed by atoms with van der Waals surface area (Å²) in [5.41, 5.74) is 7.21. The fourth-order valence-electron chi connectivity index (χ4n) is 2.85. The number of benzene rings is 1. The van der Waals surface area contributed by atoms with E-state index in [1.165, 1.54) is 12.8 Å². The topological polar surface area (TPSA) is 66.6 Å². The average Bonchev–Trinajstić information content (AvgIpc) is 2.88. The minimum absolute atomic E-state index is 0.241. The van der Waals surface area contributed by atoms with E-state index >= 15 is 0 Å². The number of carbonyl (C=O) groups is 1. The van der Waals surface area contributed by atoms with Crippen LogP contribution in [-0.4, -0.2) is 23.6 Å². The summed E-state index contributed by atoms with van der Waals surface area (Å²) in [6, 6.07) is 6.19. The zero-order valence-electron chi connectivity index (χ0n) is 11.7. The van der Waals surface area contributed by atoms with Crippen LogP contribution >= 0.6 is 15.9 Å². The number of amides is 1. The molecule has 0 aromatic heterocycles. The van der Waals surface area contributed by atoms with Crippen LogP contribution in [0.3, 0.4) is 0 Å². The van der Waals surface area contributed by atoms with Crippen LogP contribution < -0.4 is 10.6 Å². The van der Waals surface area contributed by atoms with Gasteiger partial charge in [-0.2, -0.15) is 0 Å². The molecule has 1 aromatic carbocycles. The van der Waals surface area contributed by atoms with E-state index in [0.717, 1.165) is 28.6 Å². The molecule has 5 heteroatoms. The van der Waals surface area contributed by atoms with Gasteiger partial charge in [-0.1, -0.05) is 34.8 Å². The molecule has 1 fully saturated rings. The smallest absolute Gasteiger partial charge is 0.236 e. The number of nitrogens with two attached hydrogens (primary N) is 1. The zero-order valence-corrected chi connectivity index (χ0v) is 13.3. The number of aliphatic hydroxyl groups is 1. The van der Waals surface area contributed by atoms with Crippen molar-refractivity contribution in [2.24, 2.45) is 5.73 Å². The van der Waals surface area contributed by atoms with Gasteiger partial charge in [-0.3, -0.25) is 4.79 Å². The maximum atomic E-state index is 11.3. The van der Waals surface area contributed by atoms with E-state index in [4.69, 9.17) is 5.73 Å². The van der Waals surface area contributed by atoms with Crippen LogP contribution in [0.5, 0.6) is 0 Å². The van der Waals surface area contributed by atoms with Crippen LogP contribution in [0, 0.1) is 0 Å². The predicted octanol–water partition coefficient (Wildman–Crippen LogP) is 2.74. The van der Waals surface area contributed by atoms with Gasteiger partial charge in [0, 0.05) is 16.2 Å². The summed E-state index contributed by atoms with van der Waals surface area (Å²) in [6.45, 7) is 1.98. The summed E-state index contributed by atoms with van der Waals surface area (Å²) >= 11 is 3.49. The molecule has 110 valence electrons. The molecule has 0 bridgehead atoms. The molecule has 0 saturated heterocycles. The summed E-state index contributed by atoms with van der Waals surface area (Å²) in [5, 5.41) is 9.67. The van der Waals surface area contributed by atoms with Crippen molar-refractivity contribution in [3.63, 3.8) is 0 Å². The summed E-state index contributed by atoms with van der Waals surface area (Å²) in [7, 11) is 0. The lowest BCUT2D eigenvalue weighted by atomic mass is 10.1. The number of halogens is 1. The molecule has 1 aliphatic rings. The fraction of sp³-hybridized carbons (Fsp3) is 0.533. The summed E-state index contributed by atoms with van der Waals surface area (Å²) < 4.78 is 0.859. The summed E-state index contributed by atoms with van der Waals surface area (Å²) in [6.07, 6.45) is 4.08. The maximum Gasteiger partial charge on any atom is 0.236 e. The first-order valence-electron chi connectivity index (χ1n) is 7.01. The number of anilines is 1. The van der Waals surface area contributed by atoms with E-state index in [1.807, 2.05) is 18.2 Å². The number of carbonyl (C=O) groups excluding carboxylic acids is 1. The van der Waals surface area contributed by atoms with Crippen LogP contribution in [0.15, 0.2) is 22.7 Å². The Kier molecular flexibility index (Phi) is 5.05. The molecular formula is C15H21BrN2O2. The highest BCUT2D eigenvalue weighted by molar-refractivity contribution is 9.10. The van der Waals surface area contributed by atoms with Crippen molar-refractivity contribution in [2.75, 3.05) is 11.4 Å². The zero-order chi connectivity index (χ0) is 14.7. The van der Waals surface area contributed by atoms with Crippen molar-refractivity contribution in [1.82, 2.24) is 0 Å². The van der Waals surface area contributed by atoms with E-state index in [9.17, 15) is 9.90 Å². The van der Waals surface area contributed by atoms with E-state index in [0.29, 0.717) is 6.04 Å². The SMILES string of the molecule is CC(O)c1ccc(N(CC(N)=O)C2CCCC2)cc1Br. The Hall–Kier alpha value is -1.07. The molecule has 0 aliphatic heterocycles. The van der Waals surface area contributed by atoms with Crippen LogP contribution in [0.1, 0.15) is 44.3 Å². The van der Waals surface area contributed by atoms with E-state index < -0.39 is 6.10 Å². The molecule has 1 saturated carbocycles. The summed E-state index contributed by atoms with van der Waals surface area (Å²) in [4.78, 5) is 13.4. The van der Waals surface area contributed by atoms with Gasteiger partial charge >= 0.3 is 0 Å². The van der Waals surface area contributed by atoms with Gasteiger partial charge < -0.3 is 15.7 Å². The van der Waals surface area contributed by atoms with Gasteiger partial charge in [0.15, 0.2) is 0 Å². The molecule has 2 rings (SSSR count). The van der Waals surface area contributed by atoms with E-state index in [2.05, 4.69) is 20.8 Å². The highest BCUT2D eigenvalue weighted by atomic mass is 79.9. The predicted molar refractivity (Wildman–Crippen MR) is 83.6 cm³/mol. The average molecular weight is 341 g/mol. The third-order valence-corrected chi connectivity index (χ3v) is 4.54. The molecule has 3 N–H and O–H groups in total. The Balaban J connectivity index is 2.28. The maximum absolute atomic E-state index is 11.3. The Morgan fingerprint density at radius 3 is 2.65 bits per heavy atom. The minimum Gasteiger partial charge on any atom is -0.389 e. The number of nitrogens with zero attached hydrogens (tertiary/aromatic N) is 1. The highest BCUT2D eigenvalue weighted by Crippen LogP contribution is 2.32. The second-order valence-electron chi connectivity index (χ2n) is 5.41. The van der Waals surface area contributed by atoms with Gasteiger partial charge in [0.2, 0.25) is 5.91 Å². The first-order chi connectivity index (χ1) is 9.49. The van der Waals surface area contributed by atoms with Gasteiger partial charge in [0.05, 0.1) is 12.6 Å². The highest BCUT2D eigenvalue weighted by Gasteiger charge is 2.24. The lowest BCUT2D eigenvalue weighted by molar-refractivity contribution is -0.116. The standard InChI is InChI=1S/C15H21BrN2O2/c1-10(19)13-7-6-12(8-14(13)16)18(9-15(17)20)11-4-2-3-5-11/h6-8,10-11,19H,2-5,9H2,1H3,(H2,17,20). The van der Waals surface area contributed by atoms with Crippen molar-refractivity contribution in [1.29, 1.82) is 0 Å². The molecule has 0 spiro atoms. The van der Waals surface area contributed by atoms with Crippen molar-refractivity contribution in [2.45, 2.75) is 44.8 Å². The molecule has 1 aromatic rings. The largest absolute Gasteiger partial charge is 0.389 e. The molecule has 1 aliphatic carbocycles. The van der Waals surface area contributed by atoms with E-state index in [-0.39, 0.29) is 12.5 Å². The number of primary amides is 1. The van der Waals surface area contributed by atoms with Gasteiger partial charge in [-0.05, 0) is 37.5 Å². The van der Waals surface area contributed by atoms with Crippen molar-refractivity contribution < 1.29 is 9.90 Å². The lowest BCUT2D eigenvalue weighted by Crippen LogP contribution is -2.40. The molecule has 20 heavy (non-hydrogen) atoms. The van der Waals surface area contributed by atoms with Crippen molar-refractivity contribution in [3.05, 3.63) is 28.2 Å². The molecule has 0 heterocycles. The monoisotopic (exact) mass is 340 g/mol. The van der Waals surface area contributed by atoms with Crippen LogP contribution in [0.2, 0.25) is 0 Å². The first kappa shape index (κ1) is 15.3. The quantitative estimate of drug-likeness (QED) is 0.865. The molecule has 1 unspecified atom stereocenters. The Labute approximate surface area is 128 Å². The number of hydrogen-bond donors (Lipinski definition) is 2. The second-order valence-corrected chi connectivity index (χ2v) is 6.27.